The Morgan fingerprint density at radius 3 is 2.87 bits per heavy atom. The molecule has 9 heteroatoms. The molecule has 0 radical (unpaired) electrons. The van der Waals surface area contributed by atoms with Gasteiger partial charge in [0.2, 0.25) is 11.0 Å². The van der Waals surface area contributed by atoms with E-state index >= 15 is 0 Å². The molecule has 0 amide bonds. The van der Waals surface area contributed by atoms with Crippen LogP contribution in [-0.2, 0) is 0 Å². The van der Waals surface area contributed by atoms with E-state index in [4.69, 9.17) is 21.1 Å². The van der Waals surface area contributed by atoms with E-state index in [0.29, 0.717) is 34.7 Å². The Bertz CT molecular complexity index is 1080. The third kappa shape index (κ3) is 4.65. The smallest absolute Gasteiger partial charge is 0.247 e. The van der Waals surface area contributed by atoms with E-state index in [9.17, 15) is 5.11 Å². The molecular weight excluding hydrogens is 436 g/mol. The number of anilines is 1. The number of phenolic OH excluding ortho intramolecular Hbond substituents is 1. The molecule has 162 valence electrons. The van der Waals surface area contributed by atoms with Crippen molar-refractivity contribution in [1.29, 1.82) is 0 Å². The van der Waals surface area contributed by atoms with Gasteiger partial charge in [-0.15, -0.1) is 10.2 Å². The molecule has 31 heavy (non-hydrogen) atoms. The third-order valence-electron chi connectivity index (χ3n) is 4.72. The summed E-state index contributed by atoms with van der Waals surface area (Å²) in [5, 5.41) is 23.0. The average molecular weight is 459 g/mol. The molecule has 1 aliphatic heterocycles. The molecule has 0 unspecified atom stereocenters. The van der Waals surface area contributed by atoms with Crippen LogP contribution in [0.15, 0.2) is 41.6 Å². The molecule has 2 N–H and O–H groups in total. The summed E-state index contributed by atoms with van der Waals surface area (Å²) in [5.74, 6) is 1.50. The molecular formula is C22H23ClN4O3S. The Morgan fingerprint density at radius 2 is 2.06 bits per heavy atom. The van der Waals surface area contributed by atoms with Gasteiger partial charge in [0.15, 0.2) is 23.4 Å². The van der Waals surface area contributed by atoms with Gasteiger partial charge in [0, 0.05) is 22.6 Å². The zero-order valence-corrected chi connectivity index (χ0v) is 18.8. The van der Waals surface area contributed by atoms with Crippen molar-refractivity contribution < 1.29 is 14.6 Å². The van der Waals surface area contributed by atoms with Crippen LogP contribution in [0.3, 0.4) is 0 Å². The maximum Gasteiger partial charge on any atom is 0.247 e. The van der Waals surface area contributed by atoms with Crippen molar-refractivity contribution in [2.75, 3.05) is 17.7 Å². The molecule has 1 atom stereocenters. The number of aromatic nitrogens is 3. The molecule has 0 bridgehead atoms. The van der Waals surface area contributed by atoms with E-state index in [2.05, 4.69) is 27.4 Å². The Kier molecular flexibility index (Phi) is 6.67. The van der Waals surface area contributed by atoms with E-state index in [1.807, 2.05) is 31.2 Å². The SMILES string of the molecule is CCCCSc1nnc2c(n1)O[C@@H](c1cc(Cl)c(O)c(OCC)c1)Nc1ccccc1-2. The lowest BCUT2D eigenvalue weighted by atomic mass is 10.1. The minimum absolute atomic E-state index is 0.0970. The molecule has 4 rings (SSSR count). The predicted molar refractivity (Wildman–Crippen MR) is 122 cm³/mol. The zero-order valence-electron chi connectivity index (χ0n) is 17.3. The highest BCUT2D eigenvalue weighted by Gasteiger charge is 2.27. The minimum atomic E-state index is -0.620. The first-order valence-corrected chi connectivity index (χ1v) is 11.5. The summed E-state index contributed by atoms with van der Waals surface area (Å²) in [4.78, 5) is 4.63. The van der Waals surface area contributed by atoms with E-state index in [0.717, 1.165) is 29.8 Å². The number of para-hydroxylation sites is 1. The van der Waals surface area contributed by atoms with Gasteiger partial charge < -0.3 is 19.9 Å². The molecule has 7 nitrogen and oxygen atoms in total. The van der Waals surface area contributed by atoms with Gasteiger partial charge >= 0.3 is 0 Å². The maximum atomic E-state index is 10.2. The monoisotopic (exact) mass is 458 g/mol. The molecule has 0 aliphatic carbocycles. The second-order valence-electron chi connectivity index (χ2n) is 6.92. The van der Waals surface area contributed by atoms with Crippen molar-refractivity contribution in [1.82, 2.24) is 15.2 Å². The van der Waals surface area contributed by atoms with Crippen molar-refractivity contribution in [2.45, 2.75) is 38.1 Å². The van der Waals surface area contributed by atoms with Crippen LogP contribution in [0.1, 0.15) is 38.5 Å². The molecule has 3 aromatic rings. The zero-order chi connectivity index (χ0) is 21.8. The summed E-state index contributed by atoms with van der Waals surface area (Å²) >= 11 is 7.81. The van der Waals surface area contributed by atoms with E-state index in [-0.39, 0.29) is 10.8 Å². The quantitative estimate of drug-likeness (QED) is 0.344. The number of halogens is 1. The van der Waals surface area contributed by atoms with Crippen molar-refractivity contribution in [3.63, 3.8) is 0 Å². The van der Waals surface area contributed by atoms with Crippen LogP contribution in [-0.4, -0.2) is 32.6 Å². The number of fused-ring (bicyclic) bond motifs is 3. The fourth-order valence-electron chi connectivity index (χ4n) is 3.18. The first-order chi connectivity index (χ1) is 15.1. The van der Waals surface area contributed by atoms with Gasteiger partial charge in [-0.1, -0.05) is 54.9 Å². The van der Waals surface area contributed by atoms with Crippen LogP contribution in [0.2, 0.25) is 5.02 Å². The van der Waals surface area contributed by atoms with Gasteiger partial charge in [0.1, 0.15) is 0 Å². The van der Waals surface area contributed by atoms with Crippen LogP contribution in [0, 0.1) is 0 Å². The van der Waals surface area contributed by atoms with Gasteiger partial charge in [-0.25, -0.2) is 0 Å². The number of nitrogens with one attached hydrogen (secondary N) is 1. The van der Waals surface area contributed by atoms with Gasteiger partial charge in [0.05, 0.1) is 11.6 Å². The molecule has 0 saturated heterocycles. The number of hydrogen-bond donors (Lipinski definition) is 2. The van der Waals surface area contributed by atoms with Crippen LogP contribution < -0.4 is 14.8 Å². The highest BCUT2D eigenvalue weighted by atomic mass is 35.5. The van der Waals surface area contributed by atoms with Crippen LogP contribution in [0.4, 0.5) is 5.69 Å². The molecule has 0 saturated carbocycles. The first-order valence-electron chi connectivity index (χ1n) is 10.2. The Hall–Kier alpha value is -2.71. The molecule has 0 spiro atoms. The van der Waals surface area contributed by atoms with Gasteiger partial charge in [-0.3, -0.25) is 0 Å². The lowest BCUT2D eigenvalue weighted by molar-refractivity contribution is 0.224. The van der Waals surface area contributed by atoms with Crippen LogP contribution in [0.5, 0.6) is 17.4 Å². The normalized spacial score (nSPS) is 14.6. The van der Waals surface area contributed by atoms with Crippen molar-refractivity contribution in [3.05, 3.63) is 47.0 Å². The number of ether oxygens (including phenoxy) is 2. The Morgan fingerprint density at radius 1 is 1.23 bits per heavy atom. The summed E-state index contributed by atoms with van der Waals surface area (Å²) in [6, 6.07) is 11.1. The number of hydrogen-bond acceptors (Lipinski definition) is 8. The average Bonchev–Trinajstić information content (AvgIpc) is 2.93. The second kappa shape index (κ2) is 9.62. The number of thioether (sulfide) groups is 1. The highest BCUT2D eigenvalue weighted by Crippen LogP contribution is 2.42. The Balaban J connectivity index is 1.76. The van der Waals surface area contributed by atoms with Gasteiger partial charge in [-0.05, 0) is 31.5 Å². The standard InChI is InChI=1S/C22H23ClN4O3S/c1-3-5-10-31-22-25-21-18(26-27-22)14-8-6-7-9-16(14)24-20(30-21)13-11-15(23)19(28)17(12-13)29-4-2/h6-9,11-12,20,24,28H,3-5,10H2,1-2H3/t20-/m0/s1. The molecule has 0 fully saturated rings. The summed E-state index contributed by atoms with van der Waals surface area (Å²) in [7, 11) is 0. The Labute approximate surface area is 190 Å². The fourth-order valence-corrected chi connectivity index (χ4v) is 4.26. The van der Waals surface area contributed by atoms with Crippen molar-refractivity contribution >= 4 is 29.1 Å². The van der Waals surface area contributed by atoms with E-state index < -0.39 is 6.23 Å². The van der Waals surface area contributed by atoms with Gasteiger partial charge in [-0.2, -0.15) is 4.98 Å². The maximum absolute atomic E-state index is 10.2. The van der Waals surface area contributed by atoms with Gasteiger partial charge in [0.25, 0.3) is 0 Å². The lowest BCUT2D eigenvalue weighted by Crippen LogP contribution is -2.17. The highest BCUT2D eigenvalue weighted by molar-refractivity contribution is 7.99. The van der Waals surface area contributed by atoms with Crippen molar-refractivity contribution in [3.8, 4) is 28.6 Å². The van der Waals surface area contributed by atoms with Crippen LogP contribution >= 0.6 is 23.4 Å². The number of nitrogens with zero attached hydrogens (tertiary/aromatic N) is 3. The molecule has 1 aliphatic rings. The summed E-state index contributed by atoms with van der Waals surface area (Å²) in [6.45, 7) is 4.38. The number of benzene rings is 2. The molecule has 1 aromatic heterocycles. The van der Waals surface area contributed by atoms with Crippen molar-refractivity contribution in [2.24, 2.45) is 0 Å². The third-order valence-corrected chi connectivity index (χ3v) is 5.93. The molecule has 2 heterocycles. The second-order valence-corrected chi connectivity index (χ2v) is 8.39. The number of aromatic hydroxyl groups is 1. The first kappa shape index (κ1) is 21.5. The summed E-state index contributed by atoms with van der Waals surface area (Å²) in [6.07, 6.45) is 1.56. The number of phenols is 1. The topological polar surface area (TPSA) is 89.4 Å². The van der Waals surface area contributed by atoms with E-state index in [1.54, 1.807) is 23.9 Å². The summed E-state index contributed by atoms with van der Waals surface area (Å²) < 4.78 is 11.8. The molecule has 2 aromatic carbocycles. The predicted octanol–water partition coefficient (Wildman–Crippen LogP) is 5.69. The summed E-state index contributed by atoms with van der Waals surface area (Å²) in [5.41, 5.74) is 2.93. The fraction of sp³-hybridized carbons (Fsp3) is 0.318. The number of rotatable bonds is 7. The largest absolute Gasteiger partial charge is 0.503 e. The van der Waals surface area contributed by atoms with E-state index in [1.165, 1.54) is 0 Å². The number of unbranched alkanes of at least 4 members (excludes halogenated alkanes) is 1. The minimum Gasteiger partial charge on any atom is -0.503 e. The lowest BCUT2D eigenvalue weighted by Gasteiger charge is -2.21. The van der Waals surface area contributed by atoms with Crippen LogP contribution in [0.25, 0.3) is 11.3 Å².